The number of fused-ring (bicyclic) bond motifs is 16. The number of ether oxygens (including phenoxy) is 9. The van der Waals surface area contributed by atoms with Gasteiger partial charge in [-0.25, -0.2) is 8.42 Å². The van der Waals surface area contributed by atoms with Crippen molar-refractivity contribution < 1.29 is 98.5 Å². The molecule has 0 bridgehead atoms. The molecule has 2 aromatic heterocycles. The molecule has 0 fully saturated rings. The van der Waals surface area contributed by atoms with Crippen LogP contribution in [0.15, 0.2) is 190 Å². The Hall–Kier alpha value is -8.27. The molecule has 9 aromatic carbocycles. The van der Waals surface area contributed by atoms with Crippen LogP contribution in [0.3, 0.4) is 0 Å². The molecule has 0 aliphatic carbocycles. The van der Waals surface area contributed by atoms with E-state index in [1.54, 1.807) is 0 Å². The van der Waals surface area contributed by atoms with Gasteiger partial charge in [-0.3, -0.25) is 4.18 Å². The van der Waals surface area contributed by atoms with Gasteiger partial charge in [0.05, 0.1) is 135 Å². The topological polar surface area (TPSA) is 215 Å². The minimum Gasteiger partial charge on any atom is -0.726 e. The monoisotopic (exact) mass is 1430 g/mol. The van der Waals surface area contributed by atoms with Crippen LogP contribution in [0.2, 0.25) is 0 Å². The largest absolute Gasteiger partial charge is 1.00 e. The molecule has 0 atom stereocenters. The summed E-state index contributed by atoms with van der Waals surface area (Å²) in [5.41, 5.74) is 7.38. The molecule has 0 unspecified atom stereocenters. The first-order chi connectivity index (χ1) is 50.7. The van der Waals surface area contributed by atoms with Gasteiger partial charge >= 0.3 is 35.5 Å². The van der Waals surface area contributed by atoms with Crippen LogP contribution in [-0.2, 0) is 64.8 Å². The minimum atomic E-state index is -4.67. The van der Waals surface area contributed by atoms with Crippen molar-refractivity contribution in [3.8, 4) is 5.75 Å². The van der Waals surface area contributed by atoms with E-state index in [0.717, 1.165) is 102 Å². The fraction of sp³-hybridized carbons (Fsp3) is 0.333. The number of aliphatic imine (C=N–C) groups is 2. The average Bonchev–Trinajstić information content (AvgIpc) is 1.45. The standard InChI is InChI=1S/C49H24N8.C32H58O13S.Na/c1-2-10-26-18-34-33(17-25(26)9-1)41-50-43-35-19-27-11-3-4-12-28(27)20-36(35)45-52-47-39-23-31-15-7-8-16-32(31)24-40(39)48-53-46-38-22-30-14-6-5-13-29(30)21-37(38)44-51-42(34)54(41)49(55(43)45,56(44)46)57(47)48;1-2-3-4-5-6-7-9-31-10-8-11-32(30-31)44-28-26-42-24-22-40-20-18-38-16-14-36-12-13-37-15-17-39-19-21-41-23-25-43-27-29-45-46(33,34)35;/h1-24H;8,10-11,30H,2-7,9,12-29H2,1H3,(H,33,34,35);/q+2;;+1/p-1. The zero-order valence-electron chi connectivity index (χ0n) is 58.6. The normalized spacial score (nSPS) is 14.5. The van der Waals surface area contributed by atoms with Gasteiger partial charge in [0.2, 0.25) is 33.0 Å². The number of aromatic nitrogens is 2. The first kappa shape index (κ1) is 71.3. The number of hydrogen-bond donors (Lipinski definition) is 0. The summed E-state index contributed by atoms with van der Waals surface area (Å²) >= 11 is 0. The summed E-state index contributed by atoms with van der Waals surface area (Å²) in [6, 6.07) is 61.2. The Morgan fingerprint density at radius 2 is 0.740 bits per heavy atom. The summed E-state index contributed by atoms with van der Waals surface area (Å²) in [4.78, 5) is 22.9. The summed E-state index contributed by atoms with van der Waals surface area (Å²) in [6.07, 6.45) is 8.93. The maximum Gasteiger partial charge on any atom is 1.00 e. The Kier molecular flexibility index (Phi) is 22.1. The maximum absolute atomic E-state index is 10.2. The number of rotatable bonds is 36. The van der Waals surface area contributed by atoms with E-state index >= 15 is 0 Å². The first-order valence-corrected chi connectivity index (χ1v) is 37.2. The van der Waals surface area contributed by atoms with E-state index in [2.05, 4.69) is 193 Å². The quantitative estimate of drug-likeness (QED) is 0.0118. The van der Waals surface area contributed by atoms with Crippen LogP contribution < -0.4 is 45.3 Å². The van der Waals surface area contributed by atoms with Crippen molar-refractivity contribution in [1.82, 2.24) is 9.13 Å². The Morgan fingerprint density at radius 1 is 0.385 bits per heavy atom. The average molecular weight is 1430 g/mol. The predicted octanol–water partition coefficient (Wildman–Crippen LogP) is 8.90. The molecule has 17 rings (SSSR count). The van der Waals surface area contributed by atoms with Gasteiger partial charge in [-0.15, -0.1) is 9.15 Å². The summed E-state index contributed by atoms with van der Waals surface area (Å²) in [5.74, 6) is 5.11. The molecule has 21 nitrogen and oxygen atoms in total. The summed E-state index contributed by atoms with van der Waals surface area (Å²) < 4.78 is 93.3. The van der Waals surface area contributed by atoms with E-state index in [1.807, 2.05) is 6.07 Å². The molecule has 0 amide bonds. The molecule has 0 saturated heterocycles. The third kappa shape index (κ3) is 14.3. The van der Waals surface area contributed by atoms with Crippen molar-refractivity contribution in [2.75, 3.05) is 119 Å². The summed E-state index contributed by atoms with van der Waals surface area (Å²) in [6.45, 7) is 9.16. The molecule has 528 valence electrons. The van der Waals surface area contributed by atoms with Crippen molar-refractivity contribution in [1.29, 1.82) is 0 Å². The smallest absolute Gasteiger partial charge is 0.726 e. The van der Waals surface area contributed by atoms with Gasteiger partial charge < -0.3 is 47.2 Å². The molecule has 0 N–H and O–H groups in total. The number of amidine groups is 4. The Balaban J connectivity index is 0.000000171. The van der Waals surface area contributed by atoms with Crippen molar-refractivity contribution in [2.24, 2.45) is 20.0 Å². The zero-order chi connectivity index (χ0) is 69.7. The third-order valence-corrected chi connectivity index (χ3v) is 19.9. The van der Waals surface area contributed by atoms with E-state index < -0.39 is 16.3 Å². The number of unbranched alkanes of at least 4 members (excludes halogenated alkanes) is 5. The van der Waals surface area contributed by atoms with Crippen LogP contribution in [0.25, 0.3) is 64.6 Å². The van der Waals surface area contributed by atoms with Gasteiger partial charge in [0.1, 0.15) is 12.4 Å². The van der Waals surface area contributed by atoms with Gasteiger partial charge in [-0.05, 0) is 122 Å². The van der Waals surface area contributed by atoms with Crippen LogP contribution in [0.4, 0.5) is 11.6 Å². The molecule has 104 heavy (non-hydrogen) atoms. The van der Waals surface area contributed by atoms with Gasteiger partial charge in [-0.1, -0.05) is 168 Å². The van der Waals surface area contributed by atoms with Crippen LogP contribution in [0.1, 0.15) is 73.3 Å². The van der Waals surface area contributed by atoms with Crippen molar-refractivity contribution >= 4 is 110 Å². The molecule has 0 saturated carbocycles. The number of aryl methyl sites for hydroxylation is 1. The summed E-state index contributed by atoms with van der Waals surface area (Å²) in [5, 5.41) is 13.6. The molecule has 1 spiro atoms. The van der Waals surface area contributed by atoms with Crippen molar-refractivity contribution in [3.05, 3.63) is 209 Å². The Bertz CT molecular complexity index is 5210. The SMILES string of the molecule is CCCCCCCCc1cccc(OCCOCCOCCOCCOCCOCCOCCOCCOCCOS(=O)(=O)[O-])c1.[Na+].c1ccc2cc3c(cc2c1)C1=Nc2c4cc5ccccc5cc4c4n2C25n6c(c7cc8ccccc8cc7c6=NC6=[N+]2C(=N4)c2cc4ccccc4cc26)=NC3=[N+]15. The number of hydrogen-bond acceptors (Lipinski definition) is 17. The second kappa shape index (κ2) is 32.2. The third-order valence-electron chi connectivity index (χ3n) is 19.5. The maximum atomic E-state index is 10.2. The first-order valence-electron chi connectivity index (χ1n) is 35.8. The Labute approximate surface area is 624 Å². The second-order valence-corrected chi connectivity index (χ2v) is 27.2. The Morgan fingerprint density at radius 3 is 1.14 bits per heavy atom. The summed E-state index contributed by atoms with van der Waals surface area (Å²) in [7, 11) is -4.67. The van der Waals surface area contributed by atoms with Gasteiger partial charge in [0.25, 0.3) is 23.3 Å². The van der Waals surface area contributed by atoms with Crippen LogP contribution in [-0.4, -0.2) is 174 Å². The fourth-order valence-electron chi connectivity index (χ4n) is 14.8. The molecule has 0 radical (unpaired) electrons. The van der Waals surface area contributed by atoms with E-state index in [-0.39, 0.29) is 49.4 Å². The number of nitrogens with zero attached hydrogens (tertiary/aromatic N) is 8. The van der Waals surface area contributed by atoms with Crippen molar-refractivity contribution in [3.63, 3.8) is 0 Å². The molecule has 8 heterocycles. The molecule has 23 heteroatoms. The molecular formula is C81H81N8NaO13S+2. The van der Waals surface area contributed by atoms with E-state index in [1.165, 1.54) is 87.2 Å². The molecule has 6 aliphatic rings. The van der Waals surface area contributed by atoms with Crippen LogP contribution in [0.5, 0.6) is 5.75 Å². The second-order valence-electron chi connectivity index (χ2n) is 26.1. The van der Waals surface area contributed by atoms with Crippen LogP contribution >= 0.6 is 0 Å². The van der Waals surface area contributed by atoms with Crippen LogP contribution in [0, 0.1) is 0 Å². The van der Waals surface area contributed by atoms with Gasteiger partial charge in [-0.2, -0.15) is 9.13 Å². The number of benzene rings is 9. The van der Waals surface area contributed by atoms with E-state index in [0.29, 0.717) is 99.1 Å². The molecule has 6 aliphatic heterocycles. The van der Waals surface area contributed by atoms with Crippen molar-refractivity contribution in [2.45, 2.75) is 57.8 Å². The van der Waals surface area contributed by atoms with E-state index in [4.69, 9.17) is 62.6 Å². The van der Waals surface area contributed by atoms with E-state index in [9.17, 15) is 13.0 Å². The van der Waals surface area contributed by atoms with Gasteiger partial charge in [0, 0.05) is 21.5 Å². The fourth-order valence-corrected chi connectivity index (χ4v) is 15.1. The van der Waals surface area contributed by atoms with Gasteiger partial charge in [0.15, 0.2) is 0 Å². The minimum absolute atomic E-state index is 0. The molecule has 11 aromatic rings. The zero-order valence-corrected chi connectivity index (χ0v) is 61.5. The predicted molar refractivity (Wildman–Crippen MR) is 395 cm³/mol. The molecular weight excluding hydrogens is 1350 g/mol.